The van der Waals surface area contributed by atoms with Gasteiger partial charge in [0.25, 0.3) is 5.91 Å². The van der Waals surface area contributed by atoms with Crippen LogP contribution >= 0.6 is 23.2 Å². The molecule has 1 saturated heterocycles. The van der Waals surface area contributed by atoms with Crippen molar-refractivity contribution in [1.82, 2.24) is 4.90 Å². The monoisotopic (exact) mass is 287 g/mol. The van der Waals surface area contributed by atoms with Crippen LogP contribution < -0.4 is 0 Å². The number of piperidine rings is 1. The van der Waals surface area contributed by atoms with Gasteiger partial charge in [0.2, 0.25) is 0 Å². The van der Waals surface area contributed by atoms with Crippen LogP contribution in [0.1, 0.15) is 23.2 Å². The maximum Gasteiger partial charge on any atom is 0.253 e. The van der Waals surface area contributed by atoms with Crippen LogP contribution in [0.2, 0.25) is 10.0 Å². The zero-order valence-corrected chi connectivity index (χ0v) is 11.4. The maximum absolute atomic E-state index is 12.3. The molecular weight excluding hydrogens is 273 g/mol. The van der Waals surface area contributed by atoms with Crippen molar-refractivity contribution in [3.05, 3.63) is 33.8 Å². The van der Waals surface area contributed by atoms with E-state index in [2.05, 4.69) is 0 Å². The van der Waals surface area contributed by atoms with Crippen LogP contribution in [0.25, 0.3) is 0 Å². The molecule has 1 aliphatic rings. The number of aliphatic hydroxyl groups excluding tert-OH is 1. The van der Waals surface area contributed by atoms with Crippen LogP contribution in [0.4, 0.5) is 0 Å². The van der Waals surface area contributed by atoms with Crippen molar-refractivity contribution >= 4 is 29.1 Å². The van der Waals surface area contributed by atoms with Crippen molar-refractivity contribution in [1.29, 1.82) is 0 Å². The third-order valence-electron chi connectivity index (χ3n) is 3.23. The Kier molecular flexibility index (Phi) is 4.49. The molecule has 2 rings (SSSR count). The number of hydrogen-bond acceptors (Lipinski definition) is 2. The van der Waals surface area contributed by atoms with Gasteiger partial charge >= 0.3 is 0 Å². The van der Waals surface area contributed by atoms with E-state index in [9.17, 15) is 4.79 Å². The van der Waals surface area contributed by atoms with Crippen LogP contribution in [0.3, 0.4) is 0 Å². The van der Waals surface area contributed by atoms with Crippen LogP contribution in [0.5, 0.6) is 0 Å². The fraction of sp³-hybridized carbons (Fsp3) is 0.462. The molecule has 0 radical (unpaired) electrons. The van der Waals surface area contributed by atoms with E-state index < -0.39 is 0 Å². The third kappa shape index (κ3) is 2.97. The lowest BCUT2D eigenvalue weighted by molar-refractivity contribution is 0.0620. The van der Waals surface area contributed by atoms with Crippen molar-refractivity contribution in [3.63, 3.8) is 0 Å². The quantitative estimate of drug-likeness (QED) is 0.909. The second-order valence-electron chi connectivity index (χ2n) is 4.57. The van der Waals surface area contributed by atoms with Crippen molar-refractivity contribution < 1.29 is 9.90 Å². The van der Waals surface area contributed by atoms with Gasteiger partial charge in [-0.3, -0.25) is 4.79 Å². The average molecular weight is 288 g/mol. The van der Waals surface area contributed by atoms with Crippen molar-refractivity contribution in [2.75, 3.05) is 19.7 Å². The van der Waals surface area contributed by atoms with Crippen molar-refractivity contribution in [3.8, 4) is 0 Å². The van der Waals surface area contributed by atoms with Gasteiger partial charge < -0.3 is 10.0 Å². The molecule has 18 heavy (non-hydrogen) atoms. The Morgan fingerprint density at radius 2 is 2.17 bits per heavy atom. The number of benzene rings is 1. The molecule has 1 aromatic carbocycles. The Hall–Kier alpha value is -0.770. The highest BCUT2D eigenvalue weighted by Crippen LogP contribution is 2.24. The third-order valence-corrected chi connectivity index (χ3v) is 3.97. The molecule has 0 aliphatic carbocycles. The molecule has 1 aliphatic heterocycles. The first-order chi connectivity index (χ1) is 8.61. The van der Waals surface area contributed by atoms with E-state index in [4.69, 9.17) is 28.3 Å². The Morgan fingerprint density at radius 1 is 1.39 bits per heavy atom. The van der Waals surface area contributed by atoms with E-state index in [-0.39, 0.29) is 18.4 Å². The lowest BCUT2D eigenvalue weighted by Gasteiger charge is -2.32. The SMILES string of the molecule is O=C(c1ccc(Cl)c(Cl)c1)N1CCC[C@@H](CO)C1. The molecule has 0 saturated carbocycles. The van der Waals surface area contributed by atoms with Gasteiger partial charge in [-0.1, -0.05) is 23.2 Å². The maximum atomic E-state index is 12.3. The first-order valence-corrected chi connectivity index (χ1v) is 6.72. The van der Waals surface area contributed by atoms with Crippen molar-refractivity contribution in [2.45, 2.75) is 12.8 Å². The van der Waals surface area contributed by atoms with Crippen LogP contribution in [-0.2, 0) is 0 Å². The zero-order valence-electron chi connectivity index (χ0n) is 9.90. The molecule has 98 valence electrons. The van der Waals surface area contributed by atoms with E-state index in [1.54, 1.807) is 23.1 Å². The van der Waals surface area contributed by atoms with Gasteiger partial charge in [-0.05, 0) is 37.0 Å². The minimum absolute atomic E-state index is 0.0493. The number of carbonyl (C=O) groups excluding carboxylic acids is 1. The molecule has 1 atom stereocenters. The Labute approximate surface area is 116 Å². The highest BCUT2D eigenvalue weighted by molar-refractivity contribution is 6.42. The van der Waals surface area contributed by atoms with Gasteiger partial charge in [0.1, 0.15) is 0 Å². The first-order valence-electron chi connectivity index (χ1n) is 5.97. The Morgan fingerprint density at radius 3 is 2.83 bits per heavy atom. The summed E-state index contributed by atoms with van der Waals surface area (Å²) in [5.41, 5.74) is 0.544. The number of likely N-dealkylation sites (tertiary alicyclic amines) is 1. The molecule has 0 spiro atoms. The normalized spacial score (nSPS) is 19.9. The summed E-state index contributed by atoms with van der Waals surface area (Å²) in [7, 11) is 0. The van der Waals surface area contributed by atoms with Gasteiger partial charge in [0.15, 0.2) is 0 Å². The van der Waals surface area contributed by atoms with E-state index in [1.807, 2.05) is 0 Å². The summed E-state index contributed by atoms with van der Waals surface area (Å²) in [5.74, 6) is 0.136. The minimum Gasteiger partial charge on any atom is -0.396 e. The lowest BCUT2D eigenvalue weighted by atomic mass is 9.98. The van der Waals surface area contributed by atoms with Gasteiger partial charge in [-0.25, -0.2) is 0 Å². The van der Waals surface area contributed by atoms with Crippen LogP contribution in [0.15, 0.2) is 18.2 Å². The molecule has 1 fully saturated rings. The summed E-state index contributed by atoms with van der Waals surface area (Å²) in [6.07, 6.45) is 1.90. The number of amides is 1. The zero-order chi connectivity index (χ0) is 13.1. The van der Waals surface area contributed by atoms with Crippen LogP contribution in [0, 0.1) is 5.92 Å². The van der Waals surface area contributed by atoms with E-state index in [0.29, 0.717) is 22.2 Å². The number of aliphatic hydroxyl groups is 1. The molecule has 0 bridgehead atoms. The van der Waals surface area contributed by atoms with Gasteiger partial charge in [-0.15, -0.1) is 0 Å². The standard InChI is InChI=1S/C13H15Cl2NO2/c14-11-4-3-10(6-12(11)15)13(18)16-5-1-2-9(7-16)8-17/h3-4,6,9,17H,1-2,5,7-8H2/t9-/m1/s1. The Bertz CT molecular complexity index is 451. The first kappa shape index (κ1) is 13.7. The Balaban J connectivity index is 2.12. The lowest BCUT2D eigenvalue weighted by Crippen LogP contribution is -2.40. The van der Waals surface area contributed by atoms with Crippen molar-refractivity contribution in [2.24, 2.45) is 5.92 Å². The molecule has 0 unspecified atom stereocenters. The summed E-state index contributed by atoms with van der Waals surface area (Å²) in [6.45, 7) is 1.47. The molecular formula is C13H15Cl2NO2. The molecule has 1 aromatic rings. The highest BCUT2D eigenvalue weighted by Gasteiger charge is 2.24. The summed E-state index contributed by atoms with van der Waals surface area (Å²) in [6, 6.07) is 4.90. The smallest absolute Gasteiger partial charge is 0.253 e. The van der Waals surface area contributed by atoms with Gasteiger partial charge in [0, 0.05) is 25.3 Å². The van der Waals surface area contributed by atoms with E-state index in [1.165, 1.54) is 0 Å². The number of rotatable bonds is 2. The molecule has 1 heterocycles. The molecule has 5 heteroatoms. The predicted octanol–water partition coefficient (Wildman–Crippen LogP) is 2.84. The fourth-order valence-corrected chi connectivity index (χ4v) is 2.51. The van der Waals surface area contributed by atoms with E-state index >= 15 is 0 Å². The van der Waals surface area contributed by atoms with E-state index in [0.717, 1.165) is 19.4 Å². The molecule has 1 N–H and O–H groups in total. The fourth-order valence-electron chi connectivity index (χ4n) is 2.21. The number of hydrogen-bond donors (Lipinski definition) is 1. The molecule has 1 amide bonds. The summed E-state index contributed by atoms with van der Waals surface area (Å²) in [5, 5.41) is 10.00. The number of carbonyl (C=O) groups is 1. The topological polar surface area (TPSA) is 40.5 Å². The second-order valence-corrected chi connectivity index (χ2v) is 5.39. The summed E-state index contributed by atoms with van der Waals surface area (Å²) in [4.78, 5) is 14.0. The number of halogens is 2. The largest absolute Gasteiger partial charge is 0.396 e. The average Bonchev–Trinajstić information content (AvgIpc) is 2.41. The summed E-state index contributed by atoms with van der Waals surface area (Å²) >= 11 is 11.7. The number of nitrogens with zero attached hydrogens (tertiary/aromatic N) is 1. The minimum atomic E-state index is -0.0493. The predicted molar refractivity (Wildman–Crippen MR) is 72.2 cm³/mol. The van der Waals surface area contributed by atoms with Crippen LogP contribution in [-0.4, -0.2) is 35.6 Å². The molecule has 0 aromatic heterocycles. The summed E-state index contributed by atoms with van der Waals surface area (Å²) < 4.78 is 0. The van der Waals surface area contributed by atoms with Gasteiger partial charge in [-0.2, -0.15) is 0 Å². The van der Waals surface area contributed by atoms with Gasteiger partial charge in [0.05, 0.1) is 10.0 Å². The highest BCUT2D eigenvalue weighted by atomic mass is 35.5. The molecule has 3 nitrogen and oxygen atoms in total. The second kappa shape index (κ2) is 5.91.